The van der Waals surface area contributed by atoms with Crippen LogP contribution in [-0.4, -0.2) is 13.2 Å². The summed E-state index contributed by atoms with van der Waals surface area (Å²) in [4.78, 5) is 10.3. The molecule has 0 atom stereocenters. The van der Waals surface area contributed by atoms with Crippen molar-refractivity contribution in [2.75, 3.05) is 5.73 Å². The molecule has 18 heavy (non-hydrogen) atoms. The first-order valence-corrected chi connectivity index (χ1v) is 8.68. The minimum absolute atomic E-state index is 0.00194. The second-order valence-corrected chi connectivity index (χ2v) is 10.6. The fourth-order valence-electron chi connectivity index (χ4n) is 1.15. The van der Waals surface area contributed by atoms with E-state index in [9.17, 15) is 10.1 Å². The van der Waals surface area contributed by atoms with Crippen LogP contribution >= 0.6 is 0 Å². The zero-order valence-corrected chi connectivity index (χ0v) is 12.5. The molecule has 1 aromatic carbocycles. The van der Waals surface area contributed by atoms with Gasteiger partial charge in [0.05, 0.1) is 16.7 Å². The molecule has 0 aliphatic heterocycles. The van der Waals surface area contributed by atoms with E-state index in [1.807, 2.05) is 0 Å². The second-order valence-electron chi connectivity index (χ2n) is 5.84. The molecule has 0 heterocycles. The third-order valence-electron chi connectivity index (χ3n) is 3.38. The van der Waals surface area contributed by atoms with Crippen molar-refractivity contribution in [3.63, 3.8) is 0 Å². The van der Waals surface area contributed by atoms with Crippen LogP contribution in [0.15, 0.2) is 18.2 Å². The summed E-state index contributed by atoms with van der Waals surface area (Å²) in [5.41, 5.74) is 6.25. The number of anilines is 1. The smallest absolute Gasteiger partial charge is 0.273 e. The Morgan fingerprint density at radius 1 is 1.33 bits per heavy atom. The fraction of sp³-hybridized carbons (Fsp3) is 0.500. The molecule has 5 nitrogen and oxygen atoms in total. The maximum Gasteiger partial charge on any atom is 0.273 e. The molecule has 0 radical (unpaired) electrons. The van der Waals surface area contributed by atoms with Gasteiger partial charge in [-0.1, -0.05) is 20.8 Å². The normalized spacial score (nSPS) is 12.3. The summed E-state index contributed by atoms with van der Waals surface area (Å²) in [5.74, 6) is 0.413. The van der Waals surface area contributed by atoms with E-state index >= 15 is 0 Å². The maximum absolute atomic E-state index is 10.7. The Labute approximate surface area is 108 Å². The van der Waals surface area contributed by atoms with E-state index < -0.39 is 13.2 Å². The number of nitrogen functional groups attached to an aromatic ring is 1. The highest BCUT2D eigenvalue weighted by Gasteiger charge is 2.39. The van der Waals surface area contributed by atoms with Crippen LogP contribution in [-0.2, 0) is 0 Å². The average Bonchev–Trinajstić information content (AvgIpc) is 2.18. The summed E-state index contributed by atoms with van der Waals surface area (Å²) in [6, 6.07) is 4.30. The summed E-state index contributed by atoms with van der Waals surface area (Å²) in [6.45, 7) is 10.5. The minimum atomic E-state index is -2.04. The molecule has 0 aliphatic rings. The minimum Gasteiger partial charge on any atom is -0.542 e. The Hall–Kier alpha value is -1.56. The molecule has 100 valence electrons. The van der Waals surface area contributed by atoms with Crippen LogP contribution < -0.4 is 10.2 Å². The Morgan fingerprint density at radius 3 is 2.33 bits per heavy atom. The summed E-state index contributed by atoms with van der Waals surface area (Å²) < 4.78 is 6.00. The molecule has 0 aromatic heterocycles. The quantitative estimate of drug-likeness (QED) is 0.393. The van der Waals surface area contributed by atoms with Crippen LogP contribution in [0.3, 0.4) is 0 Å². The number of hydrogen-bond donors (Lipinski definition) is 1. The van der Waals surface area contributed by atoms with Crippen LogP contribution in [0, 0.1) is 10.1 Å². The standard InChI is InChI=1S/C12H20N2O3Si/c1-12(2,3)18(4,5)17-11-8-9(14(15)16)6-7-10(11)13/h6-8H,13H2,1-5H3. The van der Waals surface area contributed by atoms with Gasteiger partial charge in [0.15, 0.2) is 0 Å². The van der Waals surface area contributed by atoms with Crippen molar-refractivity contribution in [3.8, 4) is 5.75 Å². The highest BCUT2D eigenvalue weighted by molar-refractivity contribution is 6.74. The highest BCUT2D eigenvalue weighted by atomic mass is 28.4. The number of rotatable bonds is 3. The fourth-order valence-corrected chi connectivity index (χ4v) is 2.19. The zero-order valence-electron chi connectivity index (χ0n) is 11.5. The van der Waals surface area contributed by atoms with Gasteiger partial charge >= 0.3 is 0 Å². The number of nitrogens with zero attached hydrogens (tertiary/aromatic N) is 1. The van der Waals surface area contributed by atoms with Gasteiger partial charge in [-0.3, -0.25) is 10.1 Å². The zero-order chi connectivity index (χ0) is 14.1. The van der Waals surface area contributed by atoms with Crippen LogP contribution in [0.1, 0.15) is 20.8 Å². The number of benzene rings is 1. The molecule has 0 unspecified atom stereocenters. The highest BCUT2D eigenvalue weighted by Crippen LogP contribution is 2.39. The molecule has 0 saturated carbocycles. The Balaban J connectivity index is 3.11. The predicted octanol–water partition coefficient (Wildman–Crippen LogP) is 3.56. The molecular weight excluding hydrogens is 248 g/mol. The van der Waals surface area contributed by atoms with E-state index in [0.29, 0.717) is 11.4 Å². The van der Waals surface area contributed by atoms with Crippen molar-refractivity contribution in [2.24, 2.45) is 0 Å². The molecular formula is C12H20N2O3Si. The molecule has 0 fully saturated rings. The van der Waals surface area contributed by atoms with Crippen molar-refractivity contribution in [3.05, 3.63) is 28.3 Å². The van der Waals surface area contributed by atoms with Gasteiger partial charge < -0.3 is 10.2 Å². The van der Waals surface area contributed by atoms with Crippen molar-refractivity contribution >= 4 is 19.7 Å². The second kappa shape index (κ2) is 4.60. The summed E-state index contributed by atoms with van der Waals surface area (Å²) >= 11 is 0. The molecule has 0 spiro atoms. The average molecular weight is 268 g/mol. The van der Waals surface area contributed by atoms with Gasteiger partial charge in [-0.2, -0.15) is 0 Å². The van der Waals surface area contributed by atoms with Gasteiger partial charge in [-0.15, -0.1) is 0 Å². The van der Waals surface area contributed by atoms with Gasteiger partial charge in [-0.25, -0.2) is 0 Å². The lowest BCUT2D eigenvalue weighted by Gasteiger charge is -2.36. The van der Waals surface area contributed by atoms with Crippen molar-refractivity contribution < 1.29 is 9.35 Å². The van der Waals surface area contributed by atoms with E-state index in [1.165, 1.54) is 18.2 Å². The van der Waals surface area contributed by atoms with Crippen LogP contribution in [0.5, 0.6) is 5.75 Å². The van der Waals surface area contributed by atoms with Crippen molar-refractivity contribution in [1.29, 1.82) is 0 Å². The number of non-ortho nitro benzene ring substituents is 1. The van der Waals surface area contributed by atoms with Gasteiger partial charge in [0, 0.05) is 6.07 Å². The summed E-state index contributed by atoms with van der Waals surface area (Å²) in [5, 5.41) is 10.8. The topological polar surface area (TPSA) is 78.4 Å². The molecule has 0 amide bonds. The molecule has 0 bridgehead atoms. The Kier molecular flexibility index (Phi) is 3.71. The molecule has 0 saturated heterocycles. The SMILES string of the molecule is CC(C)(C)[Si](C)(C)Oc1cc([N+](=O)[O-])ccc1N. The third-order valence-corrected chi connectivity index (χ3v) is 7.72. The maximum atomic E-state index is 10.7. The number of nitrogens with two attached hydrogens (primary N) is 1. The van der Waals surface area contributed by atoms with E-state index in [1.54, 1.807) is 0 Å². The van der Waals surface area contributed by atoms with E-state index in [2.05, 4.69) is 33.9 Å². The molecule has 6 heteroatoms. The van der Waals surface area contributed by atoms with Gasteiger partial charge in [-0.05, 0) is 24.2 Å². The van der Waals surface area contributed by atoms with E-state index in [0.717, 1.165) is 0 Å². The number of nitro groups is 1. The van der Waals surface area contributed by atoms with Crippen LogP contribution in [0.2, 0.25) is 18.1 Å². The van der Waals surface area contributed by atoms with Crippen molar-refractivity contribution in [2.45, 2.75) is 38.9 Å². The van der Waals surface area contributed by atoms with Gasteiger partial charge in [0.1, 0.15) is 5.75 Å². The lowest BCUT2D eigenvalue weighted by atomic mass is 10.2. The molecule has 1 rings (SSSR count). The van der Waals surface area contributed by atoms with Crippen LogP contribution in [0.4, 0.5) is 11.4 Å². The first-order valence-electron chi connectivity index (χ1n) is 5.77. The first kappa shape index (κ1) is 14.5. The third kappa shape index (κ3) is 3.01. The Morgan fingerprint density at radius 2 is 1.89 bits per heavy atom. The molecule has 1 aromatic rings. The van der Waals surface area contributed by atoms with E-state index in [-0.39, 0.29) is 10.7 Å². The molecule has 0 aliphatic carbocycles. The number of nitro benzene ring substituents is 1. The van der Waals surface area contributed by atoms with Gasteiger partial charge in [0.2, 0.25) is 0 Å². The van der Waals surface area contributed by atoms with Crippen molar-refractivity contribution in [1.82, 2.24) is 0 Å². The predicted molar refractivity (Wildman–Crippen MR) is 75.3 cm³/mol. The summed E-state index contributed by atoms with van der Waals surface area (Å²) in [7, 11) is -2.04. The number of hydrogen-bond acceptors (Lipinski definition) is 4. The monoisotopic (exact) mass is 268 g/mol. The lowest BCUT2D eigenvalue weighted by Crippen LogP contribution is -2.44. The lowest BCUT2D eigenvalue weighted by molar-refractivity contribution is -0.384. The molecule has 2 N–H and O–H groups in total. The Bertz CT molecular complexity index is 467. The summed E-state index contributed by atoms with van der Waals surface area (Å²) in [6.07, 6.45) is 0. The van der Waals surface area contributed by atoms with Gasteiger partial charge in [0.25, 0.3) is 14.0 Å². The largest absolute Gasteiger partial charge is 0.542 e. The first-order chi connectivity index (χ1) is 8.04. The van der Waals surface area contributed by atoms with E-state index in [4.69, 9.17) is 10.2 Å². The van der Waals surface area contributed by atoms with Crippen LogP contribution in [0.25, 0.3) is 0 Å².